The quantitative estimate of drug-likeness (QED) is 0.939. The molecule has 0 fully saturated rings. The van der Waals surface area contributed by atoms with Crippen molar-refractivity contribution in [1.29, 1.82) is 0 Å². The molecule has 2 rings (SSSR count). The van der Waals surface area contributed by atoms with Crippen LogP contribution in [0, 0.1) is 0 Å². The van der Waals surface area contributed by atoms with Gasteiger partial charge < -0.3 is 10.5 Å². The van der Waals surface area contributed by atoms with Crippen molar-refractivity contribution in [3.05, 3.63) is 48.3 Å². The Morgan fingerprint density at radius 3 is 2.33 bits per heavy atom. The van der Waals surface area contributed by atoms with Crippen molar-refractivity contribution < 1.29 is 9.53 Å². The first kappa shape index (κ1) is 18.4. The molecule has 21 heavy (non-hydrogen) atoms. The van der Waals surface area contributed by atoms with E-state index >= 15 is 0 Å². The Bertz CT molecular complexity index is 586. The van der Waals surface area contributed by atoms with Gasteiger partial charge in [0.1, 0.15) is 5.75 Å². The van der Waals surface area contributed by atoms with E-state index in [0.717, 1.165) is 11.4 Å². The Labute approximate surface area is 126 Å². The third kappa shape index (κ3) is 4.21. The lowest BCUT2D eigenvalue weighted by Crippen LogP contribution is -2.12. The summed E-state index contributed by atoms with van der Waals surface area (Å²) in [7, 11) is 1.60. The van der Waals surface area contributed by atoms with Gasteiger partial charge >= 0.3 is 0 Å². The molecule has 0 radical (unpaired) electrons. The van der Waals surface area contributed by atoms with Crippen LogP contribution < -0.4 is 10.5 Å². The van der Waals surface area contributed by atoms with Crippen LogP contribution >= 0.6 is 0 Å². The molecule has 1 heterocycles. The molecular formula is C16H23N3O2. The van der Waals surface area contributed by atoms with Gasteiger partial charge in [0.2, 0.25) is 0 Å². The Balaban J connectivity index is 0.00000128. The summed E-state index contributed by atoms with van der Waals surface area (Å²) in [5.74, 6) is 0.187. The number of benzene rings is 1. The normalized spacial score (nSPS) is 8.90. The summed E-state index contributed by atoms with van der Waals surface area (Å²) in [6.07, 6.45) is 1.61. The number of ether oxygens (including phenoxy) is 1. The van der Waals surface area contributed by atoms with Crippen LogP contribution in [0.4, 0.5) is 0 Å². The zero-order valence-electron chi connectivity index (χ0n) is 12.0. The fourth-order valence-electron chi connectivity index (χ4n) is 1.59. The minimum atomic E-state index is -0.564. The Kier molecular flexibility index (Phi) is 7.53. The third-order valence-corrected chi connectivity index (χ3v) is 2.52. The number of carbonyl (C=O) groups excluding carboxylic acids is 1. The fourth-order valence-corrected chi connectivity index (χ4v) is 1.59. The Hall–Kier alpha value is -2.56. The smallest absolute Gasteiger partial charge is 0.269 e. The van der Waals surface area contributed by atoms with Crippen LogP contribution in [0.25, 0.3) is 11.8 Å². The van der Waals surface area contributed by atoms with Gasteiger partial charge in [0.25, 0.3) is 5.91 Å². The number of amides is 1. The van der Waals surface area contributed by atoms with Gasteiger partial charge in [0.15, 0.2) is 5.69 Å². The maximum Gasteiger partial charge on any atom is 0.269 e. The molecule has 1 aromatic carbocycles. The van der Waals surface area contributed by atoms with Crippen LogP contribution in [0.3, 0.4) is 0 Å². The molecule has 0 saturated heterocycles. The molecular weight excluding hydrogens is 266 g/mol. The van der Waals surface area contributed by atoms with E-state index in [2.05, 4.69) is 11.7 Å². The molecule has 0 aliphatic rings. The van der Waals surface area contributed by atoms with Gasteiger partial charge in [-0.05, 0) is 36.4 Å². The summed E-state index contributed by atoms with van der Waals surface area (Å²) in [6, 6.07) is 8.90. The minimum Gasteiger partial charge on any atom is -0.497 e. The first-order valence-corrected chi connectivity index (χ1v) is 6.32. The zero-order chi connectivity index (χ0) is 15.1. The summed E-state index contributed by atoms with van der Waals surface area (Å²) >= 11 is 0. The Morgan fingerprint density at radius 1 is 1.33 bits per heavy atom. The molecule has 1 amide bonds. The van der Waals surface area contributed by atoms with Crippen molar-refractivity contribution in [2.45, 2.75) is 21.3 Å². The van der Waals surface area contributed by atoms with Gasteiger partial charge in [0.05, 0.1) is 18.5 Å². The number of nitrogens with two attached hydrogens (primary N) is 1. The molecule has 114 valence electrons. The standard InChI is InChI=1S/C13H13N3O2.C2H6.CH4/c1-3-9-8-12(13(14)17)15-16(9)10-4-6-11(18-2)7-5-10;1-2;/h3-8H,1H2,2H3,(H2,14,17);1-2H3;1H4. The maximum absolute atomic E-state index is 11.1. The van der Waals surface area contributed by atoms with Gasteiger partial charge in [-0.2, -0.15) is 5.10 Å². The van der Waals surface area contributed by atoms with Crippen LogP contribution in [-0.2, 0) is 0 Å². The topological polar surface area (TPSA) is 70.1 Å². The van der Waals surface area contributed by atoms with E-state index in [0.29, 0.717) is 5.69 Å². The van der Waals surface area contributed by atoms with E-state index in [9.17, 15) is 4.79 Å². The van der Waals surface area contributed by atoms with Crippen LogP contribution in [0.5, 0.6) is 5.75 Å². The third-order valence-electron chi connectivity index (χ3n) is 2.52. The number of primary amides is 1. The molecule has 0 unspecified atom stereocenters. The highest BCUT2D eigenvalue weighted by atomic mass is 16.5. The van der Waals surface area contributed by atoms with Gasteiger partial charge in [-0.15, -0.1) is 0 Å². The van der Waals surface area contributed by atoms with Gasteiger partial charge in [-0.3, -0.25) is 4.79 Å². The van der Waals surface area contributed by atoms with Crippen LogP contribution in [0.15, 0.2) is 36.9 Å². The lowest BCUT2D eigenvalue weighted by molar-refractivity contribution is 0.0995. The van der Waals surface area contributed by atoms with E-state index in [-0.39, 0.29) is 13.1 Å². The average Bonchev–Trinajstić information content (AvgIpc) is 2.94. The van der Waals surface area contributed by atoms with Crippen molar-refractivity contribution >= 4 is 12.0 Å². The summed E-state index contributed by atoms with van der Waals surface area (Å²) in [5.41, 5.74) is 6.92. The summed E-state index contributed by atoms with van der Waals surface area (Å²) in [4.78, 5) is 11.1. The number of aromatic nitrogens is 2. The molecule has 0 bridgehead atoms. The van der Waals surface area contributed by atoms with E-state index in [4.69, 9.17) is 10.5 Å². The number of carbonyl (C=O) groups is 1. The number of nitrogens with zero attached hydrogens (tertiary/aromatic N) is 2. The average molecular weight is 289 g/mol. The van der Waals surface area contributed by atoms with Crippen LogP contribution in [0.1, 0.15) is 37.5 Å². The van der Waals surface area contributed by atoms with Gasteiger partial charge in [-0.25, -0.2) is 4.68 Å². The van der Waals surface area contributed by atoms with E-state index in [1.54, 1.807) is 23.9 Å². The molecule has 5 nitrogen and oxygen atoms in total. The molecule has 0 saturated carbocycles. The molecule has 5 heteroatoms. The highest BCUT2D eigenvalue weighted by Gasteiger charge is 2.11. The second-order valence-corrected chi connectivity index (χ2v) is 3.63. The summed E-state index contributed by atoms with van der Waals surface area (Å²) in [6.45, 7) is 7.69. The number of hydrogen-bond donors (Lipinski definition) is 1. The van der Waals surface area contributed by atoms with E-state index < -0.39 is 5.91 Å². The summed E-state index contributed by atoms with van der Waals surface area (Å²) in [5, 5.41) is 4.14. The van der Waals surface area contributed by atoms with Crippen molar-refractivity contribution in [2.24, 2.45) is 5.73 Å². The number of hydrogen-bond acceptors (Lipinski definition) is 3. The largest absolute Gasteiger partial charge is 0.497 e. The highest BCUT2D eigenvalue weighted by Crippen LogP contribution is 2.17. The Morgan fingerprint density at radius 2 is 1.90 bits per heavy atom. The lowest BCUT2D eigenvalue weighted by atomic mass is 10.3. The molecule has 0 atom stereocenters. The van der Waals surface area contributed by atoms with Crippen LogP contribution in [0.2, 0.25) is 0 Å². The maximum atomic E-state index is 11.1. The van der Waals surface area contributed by atoms with Crippen molar-refractivity contribution in [2.75, 3.05) is 7.11 Å². The molecule has 2 N–H and O–H groups in total. The highest BCUT2D eigenvalue weighted by molar-refractivity contribution is 5.91. The van der Waals surface area contributed by atoms with E-state index in [1.165, 1.54) is 0 Å². The van der Waals surface area contributed by atoms with Gasteiger partial charge in [0, 0.05) is 0 Å². The first-order chi connectivity index (χ1) is 9.65. The second-order valence-electron chi connectivity index (χ2n) is 3.63. The second kappa shape index (κ2) is 8.58. The number of methoxy groups -OCH3 is 1. The van der Waals surface area contributed by atoms with Gasteiger partial charge in [-0.1, -0.05) is 27.9 Å². The zero-order valence-corrected chi connectivity index (χ0v) is 12.0. The molecule has 0 aliphatic carbocycles. The van der Waals surface area contributed by atoms with E-state index in [1.807, 2.05) is 38.1 Å². The van der Waals surface area contributed by atoms with Crippen molar-refractivity contribution in [1.82, 2.24) is 9.78 Å². The van der Waals surface area contributed by atoms with Crippen molar-refractivity contribution in [3.8, 4) is 11.4 Å². The van der Waals surface area contributed by atoms with Crippen LogP contribution in [-0.4, -0.2) is 22.8 Å². The molecule has 0 spiro atoms. The molecule has 1 aromatic heterocycles. The minimum absolute atomic E-state index is 0. The SMILES string of the molecule is C.C=Cc1cc(C(N)=O)nn1-c1ccc(OC)cc1.CC. The molecule has 2 aromatic rings. The number of rotatable bonds is 4. The monoisotopic (exact) mass is 289 g/mol. The lowest BCUT2D eigenvalue weighted by Gasteiger charge is -2.05. The van der Waals surface area contributed by atoms with Crippen molar-refractivity contribution in [3.63, 3.8) is 0 Å². The summed E-state index contributed by atoms with van der Waals surface area (Å²) < 4.78 is 6.68. The first-order valence-electron chi connectivity index (χ1n) is 6.32. The predicted octanol–water partition coefficient (Wildman–Crippen LogP) is 3.29. The fraction of sp³-hybridized carbons (Fsp3) is 0.250. The molecule has 0 aliphatic heterocycles. The predicted molar refractivity (Wildman–Crippen MR) is 86.8 cm³/mol.